The van der Waals surface area contributed by atoms with Crippen molar-refractivity contribution in [2.45, 2.75) is 26.8 Å². The van der Waals surface area contributed by atoms with Crippen molar-refractivity contribution in [3.8, 4) is 0 Å². The van der Waals surface area contributed by atoms with Crippen LogP contribution in [-0.2, 0) is 4.79 Å². The highest BCUT2D eigenvalue weighted by Gasteiger charge is 2.18. The zero-order valence-electron chi connectivity index (χ0n) is 9.72. The molecule has 0 aliphatic heterocycles. The van der Waals surface area contributed by atoms with Crippen LogP contribution in [0.1, 0.15) is 23.4 Å². The highest BCUT2D eigenvalue weighted by atomic mass is 32.1. The fourth-order valence-corrected chi connectivity index (χ4v) is 2.63. The lowest BCUT2D eigenvalue weighted by Crippen LogP contribution is -2.28. The summed E-state index contributed by atoms with van der Waals surface area (Å²) in [6, 6.07) is -0.904. The molecule has 0 spiro atoms. The van der Waals surface area contributed by atoms with Gasteiger partial charge >= 0.3 is 5.97 Å². The first kappa shape index (κ1) is 11.8. The number of carboxylic acid groups (broad SMARTS) is 1. The Morgan fingerprint density at radius 1 is 1.53 bits per heavy atom. The van der Waals surface area contributed by atoms with Crippen molar-refractivity contribution >= 4 is 27.5 Å². The molecule has 0 radical (unpaired) electrons. The first-order chi connectivity index (χ1) is 7.93. The minimum atomic E-state index is -1.04. The smallest absolute Gasteiger partial charge is 0.326 e. The summed E-state index contributed by atoms with van der Waals surface area (Å²) in [7, 11) is 0. The van der Waals surface area contributed by atoms with Gasteiger partial charge in [0.05, 0.1) is 11.7 Å². The van der Waals surface area contributed by atoms with Gasteiger partial charge in [0.1, 0.15) is 10.9 Å². The molecule has 2 heterocycles. The summed E-state index contributed by atoms with van der Waals surface area (Å²) < 4.78 is 1.16. The maximum absolute atomic E-state index is 12.2. The van der Waals surface area contributed by atoms with E-state index < -0.39 is 12.0 Å². The summed E-state index contributed by atoms with van der Waals surface area (Å²) in [6.07, 6.45) is 1.30. The minimum absolute atomic E-state index is 0.285. The van der Waals surface area contributed by atoms with E-state index in [2.05, 4.69) is 4.98 Å². The number of aromatic nitrogens is 2. The molecular formula is C11H12N2O3S. The third-order valence-electron chi connectivity index (χ3n) is 2.89. The van der Waals surface area contributed by atoms with Crippen LogP contribution in [0.25, 0.3) is 10.2 Å². The van der Waals surface area contributed by atoms with Gasteiger partial charge in [0.15, 0.2) is 0 Å². The summed E-state index contributed by atoms with van der Waals surface area (Å²) >= 11 is 1.45. The lowest BCUT2D eigenvalue weighted by molar-refractivity contribution is -0.140. The SMILES string of the molecule is Cc1sc2ncn(C(C)C(=O)O)c(=O)c2c1C. The Bertz CT molecular complexity index is 657. The average molecular weight is 252 g/mol. The number of fused-ring (bicyclic) bond motifs is 1. The van der Waals surface area contributed by atoms with Crippen LogP contribution in [0.4, 0.5) is 0 Å². The summed E-state index contributed by atoms with van der Waals surface area (Å²) in [5.74, 6) is -1.04. The van der Waals surface area contributed by atoms with Gasteiger partial charge in [-0.25, -0.2) is 9.78 Å². The van der Waals surface area contributed by atoms with Gasteiger partial charge in [-0.15, -0.1) is 11.3 Å². The number of aryl methyl sites for hydroxylation is 2. The molecule has 0 saturated carbocycles. The third-order valence-corrected chi connectivity index (χ3v) is 4.00. The molecular weight excluding hydrogens is 240 g/mol. The first-order valence-corrected chi connectivity index (χ1v) is 5.94. The normalized spacial score (nSPS) is 12.9. The van der Waals surface area contributed by atoms with Gasteiger partial charge in [-0.2, -0.15) is 0 Å². The molecule has 2 rings (SSSR count). The van der Waals surface area contributed by atoms with E-state index in [0.717, 1.165) is 15.0 Å². The number of hydrogen-bond acceptors (Lipinski definition) is 4. The van der Waals surface area contributed by atoms with Gasteiger partial charge in [0.2, 0.25) is 0 Å². The first-order valence-electron chi connectivity index (χ1n) is 5.13. The molecule has 90 valence electrons. The van der Waals surface area contributed by atoms with Gasteiger partial charge < -0.3 is 5.11 Å². The number of thiophene rings is 1. The van der Waals surface area contributed by atoms with Crippen molar-refractivity contribution < 1.29 is 9.90 Å². The molecule has 6 heteroatoms. The van der Waals surface area contributed by atoms with E-state index in [1.54, 1.807) is 0 Å². The molecule has 0 bridgehead atoms. The molecule has 0 aromatic carbocycles. The van der Waals surface area contributed by atoms with E-state index in [4.69, 9.17) is 5.11 Å². The molecule has 2 aromatic rings. The Labute approximate surface area is 101 Å². The zero-order chi connectivity index (χ0) is 12.7. The lowest BCUT2D eigenvalue weighted by atomic mass is 10.2. The van der Waals surface area contributed by atoms with E-state index in [1.807, 2.05) is 13.8 Å². The quantitative estimate of drug-likeness (QED) is 0.883. The molecule has 1 unspecified atom stereocenters. The molecule has 0 amide bonds. The Hall–Kier alpha value is -1.69. The van der Waals surface area contributed by atoms with Crippen molar-refractivity contribution in [2.75, 3.05) is 0 Å². The maximum Gasteiger partial charge on any atom is 0.326 e. The van der Waals surface area contributed by atoms with Crippen molar-refractivity contribution in [2.24, 2.45) is 0 Å². The molecule has 17 heavy (non-hydrogen) atoms. The van der Waals surface area contributed by atoms with Crippen LogP contribution < -0.4 is 5.56 Å². The van der Waals surface area contributed by atoms with Crippen LogP contribution in [0.2, 0.25) is 0 Å². The van der Waals surface area contributed by atoms with E-state index >= 15 is 0 Å². The third kappa shape index (κ3) is 1.74. The second-order valence-corrected chi connectivity index (χ2v) is 5.14. The predicted molar refractivity (Wildman–Crippen MR) is 65.7 cm³/mol. The molecule has 0 aliphatic carbocycles. The highest BCUT2D eigenvalue weighted by Crippen LogP contribution is 2.25. The predicted octanol–water partition coefficient (Wildman–Crippen LogP) is 1.72. The minimum Gasteiger partial charge on any atom is -0.480 e. The second kappa shape index (κ2) is 3.96. The number of aliphatic carboxylic acids is 1. The van der Waals surface area contributed by atoms with E-state index in [-0.39, 0.29) is 5.56 Å². The fraction of sp³-hybridized carbons (Fsp3) is 0.364. The van der Waals surface area contributed by atoms with Crippen LogP contribution >= 0.6 is 11.3 Å². The summed E-state index contributed by atoms with van der Waals surface area (Å²) in [6.45, 7) is 5.24. The van der Waals surface area contributed by atoms with Gasteiger partial charge in [0.25, 0.3) is 5.56 Å². The van der Waals surface area contributed by atoms with Crippen LogP contribution in [0.5, 0.6) is 0 Å². The van der Waals surface area contributed by atoms with E-state index in [1.165, 1.54) is 24.6 Å². The fourth-order valence-electron chi connectivity index (χ4n) is 1.64. The lowest BCUT2D eigenvalue weighted by Gasteiger charge is -2.09. The molecule has 1 atom stereocenters. The van der Waals surface area contributed by atoms with Gasteiger partial charge in [-0.1, -0.05) is 0 Å². The monoisotopic (exact) mass is 252 g/mol. The molecule has 1 N–H and O–H groups in total. The molecule has 0 fully saturated rings. The Morgan fingerprint density at radius 2 is 2.18 bits per heavy atom. The van der Waals surface area contributed by atoms with Gasteiger partial charge in [-0.05, 0) is 26.3 Å². The summed E-state index contributed by atoms with van der Waals surface area (Å²) in [5.41, 5.74) is 0.598. The van der Waals surface area contributed by atoms with Crippen molar-refractivity contribution in [1.29, 1.82) is 0 Å². The number of carboxylic acids is 1. The Kier molecular flexibility index (Phi) is 2.74. The number of nitrogens with zero attached hydrogens (tertiary/aromatic N) is 2. The average Bonchev–Trinajstić information content (AvgIpc) is 2.55. The van der Waals surface area contributed by atoms with Crippen molar-refractivity contribution in [1.82, 2.24) is 9.55 Å². The highest BCUT2D eigenvalue weighted by molar-refractivity contribution is 7.18. The molecule has 0 aliphatic rings. The van der Waals surface area contributed by atoms with Gasteiger partial charge in [0, 0.05) is 4.88 Å². The standard InChI is InChI=1S/C11H12N2O3S/c1-5-7(3)17-9-8(5)10(14)13(4-12-9)6(2)11(15)16/h4,6H,1-3H3,(H,15,16). The second-order valence-electron chi connectivity index (χ2n) is 3.93. The number of rotatable bonds is 2. The number of hydrogen-bond donors (Lipinski definition) is 1. The maximum atomic E-state index is 12.2. The van der Waals surface area contributed by atoms with E-state index in [0.29, 0.717) is 10.2 Å². The van der Waals surface area contributed by atoms with Gasteiger partial charge in [-0.3, -0.25) is 9.36 Å². The topological polar surface area (TPSA) is 72.2 Å². The largest absolute Gasteiger partial charge is 0.480 e. The molecule has 5 nitrogen and oxygen atoms in total. The Balaban J connectivity index is 2.78. The van der Waals surface area contributed by atoms with Crippen LogP contribution in [-0.4, -0.2) is 20.6 Å². The molecule has 0 saturated heterocycles. The van der Waals surface area contributed by atoms with Crippen LogP contribution in [0.3, 0.4) is 0 Å². The van der Waals surface area contributed by atoms with Crippen molar-refractivity contribution in [3.63, 3.8) is 0 Å². The number of carbonyl (C=O) groups is 1. The van der Waals surface area contributed by atoms with Crippen LogP contribution in [0, 0.1) is 13.8 Å². The van der Waals surface area contributed by atoms with Crippen LogP contribution in [0.15, 0.2) is 11.1 Å². The Morgan fingerprint density at radius 3 is 2.76 bits per heavy atom. The zero-order valence-corrected chi connectivity index (χ0v) is 10.5. The van der Waals surface area contributed by atoms with E-state index in [9.17, 15) is 9.59 Å². The summed E-state index contributed by atoms with van der Waals surface area (Å²) in [4.78, 5) is 28.9. The van der Waals surface area contributed by atoms with Crippen molar-refractivity contribution in [3.05, 3.63) is 27.1 Å². The summed E-state index contributed by atoms with van der Waals surface area (Å²) in [5, 5.41) is 9.45. The molecule has 2 aromatic heterocycles.